The second-order valence-electron chi connectivity index (χ2n) is 6.60. The van der Waals surface area contributed by atoms with Gasteiger partial charge >= 0.3 is 0 Å². The number of hydrogen-bond acceptors (Lipinski definition) is 3. The van der Waals surface area contributed by atoms with E-state index in [4.69, 9.17) is 4.42 Å². The Hall–Kier alpha value is -3.61. The standard InChI is InChI=1S/C23H25FN4O2/c1-2-25-23(26-13-12-18-8-3-4-10-20(18)24)27-16-17-7-5-9-19(15-17)28-22(29)21-11-6-14-30-21/h3-11,14-15H,2,12-13,16H2,1H3,(H,28,29)(H2,25,26,27). The van der Waals surface area contributed by atoms with Crippen molar-refractivity contribution in [3.8, 4) is 0 Å². The summed E-state index contributed by atoms with van der Waals surface area (Å²) < 4.78 is 18.8. The van der Waals surface area contributed by atoms with Gasteiger partial charge in [0.25, 0.3) is 5.91 Å². The van der Waals surface area contributed by atoms with Gasteiger partial charge < -0.3 is 20.4 Å². The van der Waals surface area contributed by atoms with E-state index in [1.54, 1.807) is 24.3 Å². The van der Waals surface area contributed by atoms with E-state index in [2.05, 4.69) is 20.9 Å². The fraction of sp³-hybridized carbons (Fsp3) is 0.217. The highest BCUT2D eigenvalue weighted by atomic mass is 19.1. The lowest BCUT2D eigenvalue weighted by Crippen LogP contribution is -2.38. The Labute approximate surface area is 175 Å². The van der Waals surface area contributed by atoms with Gasteiger partial charge in [0.15, 0.2) is 11.7 Å². The van der Waals surface area contributed by atoms with Crippen molar-refractivity contribution in [2.24, 2.45) is 4.99 Å². The van der Waals surface area contributed by atoms with E-state index in [0.717, 1.165) is 5.56 Å². The van der Waals surface area contributed by atoms with Gasteiger partial charge in [-0.1, -0.05) is 30.3 Å². The molecule has 30 heavy (non-hydrogen) atoms. The minimum atomic E-state index is -0.302. The Morgan fingerprint density at radius 3 is 2.70 bits per heavy atom. The maximum absolute atomic E-state index is 13.7. The van der Waals surface area contributed by atoms with Gasteiger partial charge in [0, 0.05) is 18.8 Å². The summed E-state index contributed by atoms with van der Waals surface area (Å²) in [5, 5.41) is 9.21. The fourth-order valence-electron chi connectivity index (χ4n) is 2.88. The summed E-state index contributed by atoms with van der Waals surface area (Å²) in [7, 11) is 0. The van der Waals surface area contributed by atoms with E-state index in [1.807, 2.05) is 37.3 Å². The molecule has 1 amide bonds. The number of halogens is 1. The van der Waals surface area contributed by atoms with Crippen molar-refractivity contribution in [2.75, 3.05) is 18.4 Å². The molecule has 0 aliphatic heterocycles. The van der Waals surface area contributed by atoms with Crippen LogP contribution in [0.4, 0.5) is 10.1 Å². The van der Waals surface area contributed by atoms with Crippen molar-refractivity contribution < 1.29 is 13.6 Å². The number of nitrogens with zero attached hydrogens (tertiary/aromatic N) is 1. The van der Waals surface area contributed by atoms with Gasteiger partial charge in [-0.05, 0) is 54.8 Å². The molecule has 3 aromatic rings. The minimum absolute atomic E-state index is 0.199. The first-order valence-electron chi connectivity index (χ1n) is 9.85. The lowest BCUT2D eigenvalue weighted by molar-refractivity contribution is 0.0996. The molecule has 0 aliphatic rings. The number of aliphatic imine (C=N–C) groups is 1. The molecule has 0 fully saturated rings. The normalized spacial score (nSPS) is 11.2. The van der Waals surface area contributed by atoms with Crippen LogP contribution in [0.1, 0.15) is 28.6 Å². The number of benzene rings is 2. The SMILES string of the molecule is CCNC(=NCc1cccc(NC(=O)c2ccco2)c1)NCCc1ccccc1F. The molecule has 1 heterocycles. The zero-order valence-electron chi connectivity index (χ0n) is 16.8. The van der Waals surface area contributed by atoms with E-state index in [-0.39, 0.29) is 17.5 Å². The van der Waals surface area contributed by atoms with Crippen LogP contribution in [0.2, 0.25) is 0 Å². The van der Waals surface area contributed by atoms with Crippen LogP contribution in [0.5, 0.6) is 0 Å². The first-order chi connectivity index (χ1) is 14.7. The Morgan fingerprint density at radius 2 is 1.93 bits per heavy atom. The molecule has 0 unspecified atom stereocenters. The molecule has 0 saturated carbocycles. The second-order valence-corrected chi connectivity index (χ2v) is 6.60. The highest BCUT2D eigenvalue weighted by molar-refractivity contribution is 6.02. The highest BCUT2D eigenvalue weighted by Crippen LogP contribution is 2.13. The third-order valence-corrected chi connectivity index (χ3v) is 4.34. The molecule has 3 N–H and O–H groups in total. The van der Waals surface area contributed by atoms with Crippen LogP contribution in [-0.2, 0) is 13.0 Å². The van der Waals surface area contributed by atoms with Gasteiger partial charge in [-0.25, -0.2) is 9.38 Å². The molecule has 0 spiro atoms. The summed E-state index contributed by atoms with van der Waals surface area (Å²) in [6.45, 7) is 3.69. The first kappa shape index (κ1) is 21.1. The third kappa shape index (κ3) is 6.20. The zero-order chi connectivity index (χ0) is 21.2. The van der Waals surface area contributed by atoms with Gasteiger partial charge in [0.2, 0.25) is 0 Å². The van der Waals surface area contributed by atoms with Crippen LogP contribution >= 0.6 is 0 Å². The maximum atomic E-state index is 13.7. The minimum Gasteiger partial charge on any atom is -0.459 e. The molecule has 0 atom stereocenters. The molecule has 0 aliphatic carbocycles. The lowest BCUT2D eigenvalue weighted by Gasteiger charge is -2.12. The van der Waals surface area contributed by atoms with Crippen molar-refractivity contribution in [1.82, 2.24) is 10.6 Å². The largest absolute Gasteiger partial charge is 0.459 e. The monoisotopic (exact) mass is 408 g/mol. The summed E-state index contributed by atoms with van der Waals surface area (Å²) in [5.41, 5.74) is 2.28. The van der Waals surface area contributed by atoms with Gasteiger partial charge in [0.1, 0.15) is 5.82 Å². The number of hydrogen-bond donors (Lipinski definition) is 3. The molecular weight excluding hydrogens is 383 g/mol. The zero-order valence-corrected chi connectivity index (χ0v) is 16.8. The van der Waals surface area contributed by atoms with E-state index in [0.29, 0.717) is 43.3 Å². The number of anilines is 1. The van der Waals surface area contributed by atoms with Crippen molar-refractivity contribution in [1.29, 1.82) is 0 Å². The summed E-state index contributed by atoms with van der Waals surface area (Å²) in [6.07, 6.45) is 2.02. The molecule has 0 bridgehead atoms. The predicted octanol–water partition coefficient (Wildman–Crippen LogP) is 3.97. The van der Waals surface area contributed by atoms with Crippen molar-refractivity contribution in [2.45, 2.75) is 19.9 Å². The second kappa shape index (κ2) is 10.8. The van der Waals surface area contributed by atoms with Crippen LogP contribution in [-0.4, -0.2) is 25.0 Å². The van der Waals surface area contributed by atoms with Gasteiger partial charge in [-0.3, -0.25) is 4.79 Å². The summed E-state index contributed by atoms with van der Waals surface area (Å²) >= 11 is 0. The van der Waals surface area contributed by atoms with Crippen LogP contribution in [0.25, 0.3) is 0 Å². The van der Waals surface area contributed by atoms with Crippen LogP contribution < -0.4 is 16.0 Å². The van der Waals surface area contributed by atoms with E-state index >= 15 is 0 Å². The van der Waals surface area contributed by atoms with Gasteiger partial charge in [-0.2, -0.15) is 0 Å². The fourth-order valence-corrected chi connectivity index (χ4v) is 2.88. The van der Waals surface area contributed by atoms with Crippen molar-refractivity contribution in [3.05, 3.63) is 89.6 Å². The number of carbonyl (C=O) groups is 1. The molecule has 0 radical (unpaired) electrons. The molecule has 2 aromatic carbocycles. The summed E-state index contributed by atoms with van der Waals surface area (Å²) in [4.78, 5) is 16.7. The molecule has 0 saturated heterocycles. The third-order valence-electron chi connectivity index (χ3n) is 4.34. The molecular formula is C23H25FN4O2. The maximum Gasteiger partial charge on any atom is 0.291 e. The first-order valence-corrected chi connectivity index (χ1v) is 9.85. The summed E-state index contributed by atoms with van der Waals surface area (Å²) in [5.74, 6) is 0.407. The van der Waals surface area contributed by atoms with Gasteiger partial charge in [-0.15, -0.1) is 0 Å². The Kier molecular flexibility index (Phi) is 7.60. The average Bonchev–Trinajstić information content (AvgIpc) is 3.29. The number of guanidine groups is 1. The Bertz CT molecular complexity index is 986. The Morgan fingerprint density at radius 1 is 1.07 bits per heavy atom. The summed E-state index contributed by atoms with van der Waals surface area (Å²) in [6, 6.07) is 17.5. The van der Waals surface area contributed by atoms with E-state index in [9.17, 15) is 9.18 Å². The Balaban J connectivity index is 1.57. The predicted molar refractivity (Wildman–Crippen MR) is 116 cm³/mol. The lowest BCUT2D eigenvalue weighted by atomic mass is 10.1. The van der Waals surface area contributed by atoms with Crippen LogP contribution in [0.3, 0.4) is 0 Å². The number of rotatable bonds is 8. The van der Waals surface area contributed by atoms with Crippen molar-refractivity contribution >= 4 is 17.6 Å². The number of nitrogens with one attached hydrogen (secondary N) is 3. The molecule has 7 heteroatoms. The van der Waals surface area contributed by atoms with Crippen molar-refractivity contribution in [3.63, 3.8) is 0 Å². The quantitative estimate of drug-likeness (QED) is 0.389. The average molecular weight is 408 g/mol. The molecule has 6 nitrogen and oxygen atoms in total. The number of carbonyl (C=O) groups excluding carboxylic acids is 1. The number of amides is 1. The molecule has 3 rings (SSSR count). The van der Waals surface area contributed by atoms with Gasteiger partial charge in [0.05, 0.1) is 12.8 Å². The number of furan rings is 1. The molecule has 1 aromatic heterocycles. The van der Waals surface area contributed by atoms with E-state index in [1.165, 1.54) is 12.3 Å². The molecule has 156 valence electrons. The van der Waals surface area contributed by atoms with E-state index < -0.39 is 0 Å². The topological polar surface area (TPSA) is 78.7 Å². The van der Waals surface area contributed by atoms with Crippen LogP contribution in [0.15, 0.2) is 76.3 Å². The smallest absolute Gasteiger partial charge is 0.291 e. The van der Waals surface area contributed by atoms with Crippen LogP contribution in [0, 0.1) is 5.82 Å². The highest BCUT2D eigenvalue weighted by Gasteiger charge is 2.09.